The monoisotopic (exact) mass is 539 g/mol. The standard InChI is InChI=1S/C33H41N5O2/c1-33(2,3)40-32(39)38(31-34-21-22-35-31)28-19-17-25(18-20-28)29-23-27(16-10-13-24-11-6-4-7-12-24)36-30(37-29)26-14-8-5-9-15-26/h4,6-7,11-12,17-20,23,26H,5,8-10,13-16,21-22H2,1-3H3,(H,34,35). The minimum atomic E-state index is -0.609. The summed E-state index contributed by atoms with van der Waals surface area (Å²) in [6, 6.07) is 20.7. The lowest BCUT2D eigenvalue weighted by Gasteiger charge is -2.27. The highest BCUT2D eigenvalue weighted by atomic mass is 16.6. The molecule has 2 aromatic carbocycles. The first kappa shape index (κ1) is 27.8. The molecule has 1 saturated carbocycles. The van der Waals surface area contributed by atoms with Crippen LogP contribution in [0.5, 0.6) is 0 Å². The van der Waals surface area contributed by atoms with Crippen LogP contribution in [-0.4, -0.2) is 40.7 Å². The van der Waals surface area contributed by atoms with Crippen LogP contribution in [0.2, 0.25) is 0 Å². The van der Waals surface area contributed by atoms with Crippen LogP contribution in [-0.2, 0) is 17.6 Å². The second-order valence-electron chi connectivity index (χ2n) is 11.8. The summed E-state index contributed by atoms with van der Waals surface area (Å²) >= 11 is 0. The van der Waals surface area contributed by atoms with Crippen LogP contribution < -0.4 is 10.2 Å². The molecular weight excluding hydrogens is 498 g/mol. The number of anilines is 1. The molecule has 2 aliphatic rings. The van der Waals surface area contributed by atoms with Crippen LogP contribution in [0.25, 0.3) is 11.3 Å². The number of aliphatic imine (C=N–C) groups is 1. The Morgan fingerprint density at radius 3 is 2.40 bits per heavy atom. The van der Waals surface area contributed by atoms with Crippen molar-refractivity contribution in [2.24, 2.45) is 4.99 Å². The second kappa shape index (κ2) is 12.6. The molecule has 0 atom stereocenters. The molecule has 1 amide bonds. The van der Waals surface area contributed by atoms with Gasteiger partial charge in [0.15, 0.2) is 0 Å². The number of rotatable bonds is 7. The van der Waals surface area contributed by atoms with E-state index in [0.717, 1.165) is 54.9 Å². The van der Waals surface area contributed by atoms with E-state index in [4.69, 9.17) is 14.7 Å². The van der Waals surface area contributed by atoms with Gasteiger partial charge >= 0.3 is 6.09 Å². The first-order valence-corrected chi connectivity index (χ1v) is 14.7. The van der Waals surface area contributed by atoms with E-state index in [1.165, 1.54) is 29.7 Å². The molecule has 0 spiro atoms. The maximum atomic E-state index is 13.1. The van der Waals surface area contributed by atoms with Gasteiger partial charge < -0.3 is 10.1 Å². The zero-order valence-corrected chi connectivity index (χ0v) is 24.0. The normalized spacial score (nSPS) is 15.8. The highest BCUT2D eigenvalue weighted by molar-refractivity contribution is 6.14. The third-order valence-corrected chi connectivity index (χ3v) is 7.37. The van der Waals surface area contributed by atoms with Gasteiger partial charge in [0.1, 0.15) is 11.4 Å². The highest BCUT2D eigenvalue weighted by Gasteiger charge is 2.29. The summed E-state index contributed by atoms with van der Waals surface area (Å²) in [6.45, 7) is 6.93. The quantitative estimate of drug-likeness (QED) is 0.347. The van der Waals surface area contributed by atoms with Crippen molar-refractivity contribution < 1.29 is 9.53 Å². The van der Waals surface area contributed by atoms with E-state index in [1.54, 1.807) is 0 Å². The molecule has 0 saturated heterocycles. The molecule has 210 valence electrons. The molecule has 1 aliphatic carbocycles. The van der Waals surface area contributed by atoms with Gasteiger partial charge in [-0.15, -0.1) is 0 Å². The summed E-state index contributed by atoms with van der Waals surface area (Å²) < 4.78 is 5.70. The van der Waals surface area contributed by atoms with E-state index in [9.17, 15) is 4.79 Å². The molecule has 7 nitrogen and oxygen atoms in total. The van der Waals surface area contributed by atoms with Gasteiger partial charge in [-0.3, -0.25) is 4.99 Å². The Morgan fingerprint density at radius 2 is 1.73 bits per heavy atom. The van der Waals surface area contributed by atoms with Gasteiger partial charge in [0.2, 0.25) is 5.96 Å². The number of benzene rings is 2. The van der Waals surface area contributed by atoms with Crippen molar-refractivity contribution >= 4 is 17.7 Å². The highest BCUT2D eigenvalue weighted by Crippen LogP contribution is 2.33. The van der Waals surface area contributed by atoms with Crippen LogP contribution in [0.3, 0.4) is 0 Å². The minimum Gasteiger partial charge on any atom is -0.443 e. The van der Waals surface area contributed by atoms with E-state index in [-0.39, 0.29) is 0 Å². The fourth-order valence-corrected chi connectivity index (χ4v) is 5.39. The number of hydrogen-bond acceptors (Lipinski definition) is 6. The van der Waals surface area contributed by atoms with Gasteiger partial charge in [0.05, 0.1) is 17.9 Å². The van der Waals surface area contributed by atoms with Crippen molar-refractivity contribution in [3.63, 3.8) is 0 Å². The predicted molar refractivity (Wildman–Crippen MR) is 161 cm³/mol. The Balaban J connectivity index is 1.40. The number of guanidine groups is 1. The lowest BCUT2D eigenvalue weighted by atomic mass is 9.88. The number of aromatic nitrogens is 2. The summed E-state index contributed by atoms with van der Waals surface area (Å²) in [7, 11) is 0. The van der Waals surface area contributed by atoms with Crippen molar-refractivity contribution in [1.82, 2.24) is 15.3 Å². The summed E-state index contributed by atoms with van der Waals surface area (Å²) in [4.78, 5) is 29.3. The van der Waals surface area contributed by atoms with Crippen molar-refractivity contribution in [3.8, 4) is 11.3 Å². The molecule has 1 aliphatic heterocycles. The van der Waals surface area contributed by atoms with Gasteiger partial charge in [-0.25, -0.2) is 19.7 Å². The van der Waals surface area contributed by atoms with Crippen molar-refractivity contribution in [2.75, 3.05) is 18.0 Å². The molecule has 0 bridgehead atoms. The zero-order valence-electron chi connectivity index (χ0n) is 24.0. The smallest absolute Gasteiger partial charge is 0.421 e. The number of nitrogens with zero attached hydrogens (tertiary/aromatic N) is 4. The number of amides is 1. The van der Waals surface area contributed by atoms with Crippen molar-refractivity contribution in [2.45, 2.75) is 83.7 Å². The third-order valence-electron chi connectivity index (χ3n) is 7.37. The molecule has 0 radical (unpaired) electrons. The number of nitrogens with one attached hydrogen (secondary N) is 1. The topological polar surface area (TPSA) is 79.7 Å². The largest absolute Gasteiger partial charge is 0.443 e. The van der Waals surface area contributed by atoms with Crippen LogP contribution >= 0.6 is 0 Å². The number of aryl methyl sites for hydroxylation is 2. The average molecular weight is 540 g/mol. The first-order chi connectivity index (χ1) is 19.4. The Bertz CT molecular complexity index is 1310. The number of carbonyl (C=O) groups excluding carboxylic acids is 1. The minimum absolute atomic E-state index is 0.426. The molecule has 7 heteroatoms. The lowest BCUT2D eigenvalue weighted by Crippen LogP contribution is -2.45. The molecule has 1 aromatic heterocycles. The van der Waals surface area contributed by atoms with Crippen LogP contribution in [0, 0.1) is 0 Å². The Kier molecular flexibility index (Phi) is 8.78. The molecule has 1 fully saturated rings. The maximum absolute atomic E-state index is 13.1. The first-order valence-electron chi connectivity index (χ1n) is 14.7. The molecule has 1 N–H and O–H groups in total. The maximum Gasteiger partial charge on any atom is 0.421 e. The van der Waals surface area contributed by atoms with Gasteiger partial charge in [0, 0.05) is 23.7 Å². The van der Waals surface area contributed by atoms with Crippen LogP contribution in [0.4, 0.5) is 10.5 Å². The SMILES string of the molecule is CC(C)(C)OC(=O)N(C1=NCCN1)c1ccc(-c2cc(CCCc3ccccc3)nc(C3CCCCC3)n2)cc1. The fraction of sp³-hybridized carbons (Fsp3) is 0.455. The number of hydrogen-bond donors (Lipinski definition) is 1. The van der Waals surface area contributed by atoms with Crippen molar-refractivity contribution in [1.29, 1.82) is 0 Å². The molecular formula is C33H41N5O2. The Morgan fingerprint density at radius 1 is 0.975 bits per heavy atom. The van der Waals surface area contributed by atoms with E-state index in [1.807, 2.05) is 45.0 Å². The molecule has 3 aromatic rings. The predicted octanol–water partition coefficient (Wildman–Crippen LogP) is 7.07. The van der Waals surface area contributed by atoms with Gasteiger partial charge in [-0.1, -0.05) is 61.7 Å². The third kappa shape index (κ3) is 7.26. The van der Waals surface area contributed by atoms with E-state index in [0.29, 0.717) is 30.7 Å². The Labute approximate surface area is 238 Å². The average Bonchev–Trinajstić information content (AvgIpc) is 3.48. The fourth-order valence-electron chi connectivity index (χ4n) is 5.39. The van der Waals surface area contributed by atoms with Crippen molar-refractivity contribution in [3.05, 3.63) is 77.7 Å². The van der Waals surface area contributed by atoms with Crippen LogP contribution in [0.15, 0.2) is 65.7 Å². The van der Waals surface area contributed by atoms with E-state index < -0.39 is 11.7 Å². The van der Waals surface area contributed by atoms with E-state index >= 15 is 0 Å². The molecule has 0 unspecified atom stereocenters. The lowest BCUT2D eigenvalue weighted by molar-refractivity contribution is 0.0603. The molecule has 5 rings (SSSR count). The molecule has 40 heavy (non-hydrogen) atoms. The number of carbonyl (C=O) groups is 1. The van der Waals surface area contributed by atoms with Crippen LogP contribution in [0.1, 0.15) is 82.3 Å². The van der Waals surface area contributed by atoms with Gasteiger partial charge in [-0.2, -0.15) is 0 Å². The molecule has 2 heterocycles. The Hall–Kier alpha value is -3.74. The van der Waals surface area contributed by atoms with E-state index in [2.05, 4.69) is 46.7 Å². The summed E-state index contributed by atoms with van der Waals surface area (Å²) in [5.41, 5.74) is 4.51. The van der Waals surface area contributed by atoms with Gasteiger partial charge in [0.25, 0.3) is 0 Å². The number of ether oxygens (including phenoxy) is 1. The summed E-state index contributed by atoms with van der Waals surface area (Å²) in [6.07, 6.45) is 8.66. The zero-order chi connectivity index (χ0) is 28.0. The summed E-state index contributed by atoms with van der Waals surface area (Å²) in [5, 5.41) is 3.21. The summed E-state index contributed by atoms with van der Waals surface area (Å²) in [5.74, 6) is 1.93. The second-order valence-corrected chi connectivity index (χ2v) is 11.8. The van der Waals surface area contributed by atoms with Gasteiger partial charge in [-0.05, 0) is 76.6 Å².